The normalized spacial score (nSPS) is 25.6. The van der Waals surface area contributed by atoms with Crippen LogP contribution in [0.3, 0.4) is 0 Å². The Labute approximate surface area is 63.1 Å². The molecule has 1 aliphatic heterocycles. The average Bonchev–Trinajstić information content (AvgIpc) is 1.84. The predicted molar refractivity (Wildman–Crippen MR) is 43.9 cm³/mol. The fourth-order valence-electron chi connectivity index (χ4n) is 1.16. The molecule has 0 aromatic carbocycles. The monoisotopic (exact) mass is 140 g/mol. The molecular weight excluding hydrogens is 124 g/mol. The predicted octanol–water partition coefficient (Wildman–Crippen LogP) is 0.767. The molecule has 0 amide bonds. The van der Waals surface area contributed by atoms with E-state index >= 15 is 0 Å². The number of rotatable bonds is 0. The van der Waals surface area contributed by atoms with E-state index in [0.717, 1.165) is 6.54 Å². The van der Waals surface area contributed by atoms with Crippen LogP contribution in [0.25, 0.3) is 0 Å². The molecule has 1 rings (SSSR count). The quantitative estimate of drug-likeness (QED) is 0.490. The summed E-state index contributed by atoms with van der Waals surface area (Å²) >= 11 is 0. The summed E-state index contributed by atoms with van der Waals surface area (Å²) in [5, 5.41) is 0. The molecule has 0 N–H and O–H groups in total. The lowest BCUT2D eigenvalue weighted by atomic mass is 10.3. The molecule has 2 nitrogen and oxygen atoms in total. The molecule has 58 valence electrons. The molecule has 0 unspecified atom stereocenters. The van der Waals surface area contributed by atoms with E-state index in [1.54, 1.807) is 0 Å². The number of hydrogen-bond acceptors (Lipinski definition) is 2. The topological polar surface area (TPSA) is 6.48 Å². The molecule has 0 spiro atoms. The van der Waals surface area contributed by atoms with Gasteiger partial charge in [0.1, 0.15) is 0 Å². The second kappa shape index (κ2) is 3.62. The third kappa shape index (κ3) is 2.40. The summed E-state index contributed by atoms with van der Waals surface area (Å²) in [5.74, 6) is 0. The highest BCUT2D eigenvalue weighted by Crippen LogP contribution is 1.96. The van der Waals surface area contributed by atoms with Crippen molar-refractivity contribution in [3.05, 3.63) is 12.3 Å². The second-order valence-electron chi connectivity index (χ2n) is 2.98. The maximum absolute atomic E-state index is 2.34. The third-order valence-electron chi connectivity index (χ3n) is 1.83. The van der Waals surface area contributed by atoms with E-state index in [0.29, 0.717) is 0 Å². The van der Waals surface area contributed by atoms with E-state index in [-0.39, 0.29) is 0 Å². The average molecular weight is 140 g/mol. The minimum Gasteiger partial charge on any atom is -0.381 e. The smallest absolute Gasteiger partial charge is 0.0181 e. The lowest BCUT2D eigenvalue weighted by Crippen LogP contribution is -2.26. The Kier molecular flexibility index (Phi) is 2.75. The van der Waals surface area contributed by atoms with Crippen molar-refractivity contribution in [2.75, 3.05) is 33.7 Å². The van der Waals surface area contributed by atoms with Gasteiger partial charge in [0.25, 0.3) is 0 Å². The summed E-state index contributed by atoms with van der Waals surface area (Å²) in [4.78, 5) is 4.58. The first-order valence-electron chi connectivity index (χ1n) is 3.84. The fraction of sp³-hybridized carbons (Fsp3) is 0.750. The van der Waals surface area contributed by atoms with Gasteiger partial charge in [0.2, 0.25) is 0 Å². The van der Waals surface area contributed by atoms with Crippen molar-refractivity contribution in [3.63, 3.8) is 0 Å². The van der Waals surface area contributed by atoms with E-state index in [2.05, 4.69) is 36.2 Å². The largest absolute Gasteiger partial charge is 0.381 e. The first kappa shape index (κ1) is 7.61. The van der Waals surface area contributed by atoms with Crippen LogP contribution >= 0.6 is 0 Å². The summed E-state index contributed by atoms with van der Waals surface area (Å²) < 4.78 is 0. The number of nitrogens with zero attached hydrogens (tertiary/aromatic N) is 2. The minimum absolute atomic E-state index is 1.09. The zero-order valence-corrected chi connectivity index (χ0v) is 6.88. The Morgan fingerprint density at radius 1 is 1.20 bits per heavy atom. The van der Waals surface area contributed by atoms with Crippen LogP contribution in [0.2, 0.25) is 0 Å². The summed E-state index contributed by atoms with van der Waals surface area (Å²) in [7, 11) is 4.29. The highest BCUT2D eigenvalue weighted by atomic mass is 15.1. The molecule has 1 aliphatic rings. The van der Waals surface area contributed by atoms with Crippen molar-refractivity contribution in [1.82, 2.24) is 9.80 Å². The Hall–Kier alpha value is -0.500. The Morgan fingerprint density at radius 3 is 2.80 bits per heavy atom. The highest BCUT2D eigenvalue weighted by molar-refractivity contribution is 4.85. The molecule has 2 heteroatoms. The lowest BCUT2D eigenvalue weighted by molar-refractivity contribution is 0.319. The van der Waals surface area contributed by atoms with Crippen LogP contribution in [-0.4, -0.2) is 43.5 Å². The molecule has 0 radical (unpaired) electrons. The molecule has 0 saturated carbocycles. The first-order valence-corrected chi connectivity index (χ1v) is 3.84. The molecule has 0 atom stereocenters. The fourth-order valence-corrected chi connectivity index (χ4v) is 1.16. The Bertz CT molecular complexity index is 120. The number of hydrogen-bond donors (Lipinski definition) is 0. The maximum Gasteiger partial charge on any atom is 0.0181 e. The molecule has 0 bridgehead atoms. The van der Waals surface area contributed by atoms with Crippen LogP contribution in [0.4, 0.5) is 0 Å². The molecule has 0 aliphatic carbocycles. The summed E-state index contributed by atoms with van der Waals surface area (Å²) in [6, 6.07) is 0. The van der Waals surface area contributed by atoms with E-state index in [1.807, 2.05) is 0 Å². The summed E-state index contributed by atoms with van der Waals surface area (Å²) in [5.41, 5.74) is 0. The van der Waals surface area contributed by atoms with Crippen molar-refractivity contribution in [2.24, 2.45) is 0 Å². The third-order valence-corrected chi connectivity index (χ3v) is 1.83. The van der Waals surface area contributed by atoms with Crippen LogP contribution < -0.4 is 0 Å². The van der Waals surface area contributed by atoms with Crippen LogP contribution in [0, 0.1) is 0 Å². The second-order valence-corrected chi connectivity index (χ2v) is 2.98. The van der Waals surface area contributed by atoms with Crippen molar-refractivity contribution in [3.8, 4) is 0 Å². The van der Waals surface area contributed by atoms with Crippen LogP contribution in [-0.2, 0) is 0 Å². The van der Waals surface area contributed by atoms with Gasteiger partial charge >= 0.3 is 0 Å². The molecule has 0 saturated heterocycles. The zero-order chi connectivity index (χ0) is 7.40. The van der Waals surface area contributed by atoms with E-state index in [4.69, 9.17) is 0 Å². The van der Waals surface area contributed by atoms with Gasteiger partial charge < -0.3 is 9.80 Å². The standard InChI is InChI=1S/C8H16N2/c1-9-5-3-7-10(2)8-4-6-9/h3,5H,4,6-8H2,1-2H3/b5-3-. The molecule has 1 heterocycles. The molecular formula is C8H16N2. The van der Waals surface area contributed by atoms with Gasteiger partial charge in [-0.2, -0.15) is 0 Å². The van der Waals surface area contributed by atoms with Gasteiger partial charge in [0, 0.05) is 20.1 Å². The highest BCUT2D eigenvalue weighted by Gasteiger charge is 1.99. The Morgan fingerprint density at radius 2 is 2.00 bits per heavy atom. The van der Waals surface area contributed by atoms with Crippen molar-refractivity contribution >= 4 is 0 Å². The zero-order valence-electron chi connectivity index (χ0n) is 6.88. The van der Waals surface area contributed by atoms with Gasteiger partial charge in [-0.25, -0.2) is 0 Å². The Balaban J connectivity index is 2.38. The van der Waals surface area contributed by atoms with Crippen LogP contribution in [0.15, 0.2) is 12.3 Å². The van der Waals surface area contributed by atoms with Gasteiger partial charge in [0.15, 0.2) is 0 Å². The van der Waals surface area contributed by atoms with E-state index in [9.17, 15) is 0 Å². The molecule has 0 fully saturated rings. The molecule has 0 aromatic rings. The van der Waals surface area contributed by atoms with E-state index in [1.165, 1.54) is 19.5 Å². The lowest BCUT2D eigenvalue weighted by Gasteiger charge is -2.21. The van der Waals surface area contributed by atoms with Crippen LogP contribution in [0.5, 0.6) is 0 Å². The van der Waals surface area contributed by atoms with E-state index < -0.39 is 0 Å². The van der Waals surface area contributed by atoms with Crippen molar-refractivity contribution in [2.45, 2.75) is 6.42 Å². The van der Waals surface area contributed by atoms with Gasteiger partial charge in [-0.05, 0) is 26.2 Å². The number of likely N-dealkylation sites (N-methyl/N-ethyl adjacent to an activating group) is 1. The maximum atomic E-state index is 2.34. The summed E-state index contributed by atoms with van der Waals surface area (Å²) in [6.45, 7) is 3.49. The van der Waals surface area contributed by atoms with Crippen LogP contribution in [0.1, 0.15) is 6.42 Å². The van der Waals surface area contributed by atoms with Gasteiger partial charge in [0.05, 0.1) is 0 Å². The molecule has 10 heavy (non-hydrogen) atoms. The van der Waals surface area contributed by atoms with Crippen molar-refractivity contribution < 1.29 is 0 Å². The molecule has 0 aromatic heterocycles. The van der Waals surface area contributed by atoms with Crippen molar-refractivity contribution in [1.29, 1.82) is 0 Å². The van der Waals surface area contributed by atoms with Gasteiger partial charge in [-0.3, -0.25) is 0 Å². The summed E-state index contributed by atoms with van der Waals surface area (Å²) in [6.07, 6.45) is 5.64. The SMILES string of the molecule is CN1/C=C\CN(C)CCC1. The minimum atomic E-state index is 1.09. The van der Waals surface area contributed by atoms with Gasteiger partial charge in [-0.1, -0.05) is 6.08 Å². The van der Waals surface area contributed by atoms with Gasteiger partial charge in [-0.15, -0.1) is 0 Å². The first-order chi connectivity index (χ1) is 4.79.